The third-order valence-corrected chi connectivity index (χ3v) is 4.16. The maximum Gasteiger partial charge on any atom is 0.199 e. The summed E-state index contributed by atoms with van der Waals surface area (Å²) in [7, 11) is 0. The minimum atomic E-state index is -0.720. The Kier molecular flexibility index (Phi) is 3.13. The van der Waals surface area contributed by atoms with Gasteiger partial charge < -0.3 is 10.2 Å². The van der Waals surface area contributed by atoms with Gasteiger partial charge in [0.05, 0.1) is 37.3 Å². The number of aromatic hydroxyl groups is 2. The van der Waals surface area contributed by atoms with Crippen LogP contribution in [-0.4, -0.2) is 21.8 Å². The summed E-state index contributed by atoms with van der Waals surface area (Å²) in [5.41, 5.74) is -0.919. The smallest absolute Gasteiger partial charge is 0.199 e. The summed E-state index contributed by atoms with van der Waals surface area (Å²) in [5, 5.41) is 19.7. The van der Waals surface area contributed by atoms with Crippen molar-refractivity contribution in [3.8, 4) is 11.5 Å². The topological polar surface area (TPSA) is 74.6 Å². The van der Waals surface area contributed by atoms with Crippen LogP contribution in [0.1, 0.15) is 31.8 Å². The normalized spacial score (nSPS) is 13.1. The lowest BCUT2D eigenvalue weighted by Crippen LogP contribution is -2.22. The minimum absolute atomic E-state index is 0.0252. The summed E-state index contributed by atoms with van der Waals surface area (Å²) >= 11 is 17.7. The highest BCUT2D eigenvalue weighted by Crippen LogP contribution is 2.44. The quantitative estimate of drug-likeness (QED) is 0.608. The van der Waals surface area contributed by atoms with Gasteiger partial charge in [-0.1, -0.05) is 34.8 Å². The lowest BCUT2D eigenvalue weighted by molar-refractivity contribution is 0.0974. The van der Waals surface area contributed by atoms with E-state index < -0.39 is 23.1 Å². The molecule has 3 rings (SSSR count). The first-order valence-electron chi connectivity index (χ1n) is 5.66. The highest BCUT2D eigenvalue weighted by atomic mass is 35.5. The first-order chi connectivity index (χ1) is 9.84. The highest BCUT2D eigenvalue weighted by Gasteiger charge is 2.38. The Labute approximate surface area is 133 Å². The van der Waals surface area contributed by atoms with Crippen molar-refractivity contribution in [2.75, 3.05) is 0 Å². The van der Waals surface area contributed by atoms with E-state index in [-0.39, 0.29) is 37.3 Å². The lowest BCUT2D eigenvalue weighted by atomic mass is 9.83. The van der Waals surface area contributed by atoms with Gasteiger partial charge in [-0.2, -0.15) is 0 Å². The fourth-order valence-corrected chi connectivity index (χ4v) is 3.01. The van der Waals surface area contributed by atoms with Crippen LogP contribution in [0.25, 0.3) is 0 Å². The van der Waals surface area contributed by atoms with Crippen LogP contribution in [0.5, 0.6) is 11.5 Å². The number of phenols is 2. The molecule has 0 aromatic heterocycles. The van der Waals surface area contributed by atoms with Crippen molar-refractivity contribution < 1.29 is 19.8 Å². The molecule has 0 unspecified atom stereocenters. The molecule has 0 spiro atoms. The van der Waals surface area contributed by atoms with Gasteiger partial charge in [0, 0.05) is 6.07 Å². The van der Waals surface area contributed by atoms with Crippen LogP contribution in [0.15, 0.2) is 18.2 Å². The molecule has 0 saturated carbocycles. The second-order valence-electron chi connectivity index (χ2n) is 4.41. The number of benzene rings is 2. The number of halogens is 3. The van der Waals surface area contributed by atoms with Gasteiger partial charge in [-0.05, 0) is 12.1 Å². The van der Waals surface area contributed by atoms with E-state index in [0.29, 0.717) is 0 Å². The molecular weight excluding hydrogens is 339 g/mol. The van der Waals surface area contributed by atoms with Crippen LogP contribution in [0, 0.1) is 0 Å². The average molecular weight is 344 g/mol. The van der Waals surface area contributed by atoms with E-state index in [9.17, 15) is 19.8 Å². The van der Waals surface area contributed by atoms with Gasteiger partial charge in [0.2, 0.25) is 0 Å². The number of phenolic OH excluding ortho intramolecular Hbond substituents is 2. The number of ketones is 2. The average Bonchev–Trinajstić information content (AvgIpc) is 2.42. The number of carbonyl (C=O) groups excluding carboxylic acids is 2. The maximum atomic E-state index is 12.5. The van der Waals surface area contributed by atoms with Crippen molar-refractivity contribution in [1.29, 1.82) is 0 Å². The Morgan fingerprint density at radius 2 is 1.19 bits per heavy atom. The highest BCUT2D eigenvalue weighted by molar-refractivity contribution is 6.44. The molecule has 0 atom stereocenters. The number of rotatable bonds is 0. The molecule has 0 fully saturated rings. The molecule has 0 heterocycles. The van der Waals surface area contributed by atoms with Crippen molar-refractivity contribution in [2.45, 2.75) is 0 Å². The number of hydrogen-bond donors (Lipinski definition) is 2. The molecule has 1 aliphatic carbocycles. The summed E-state index contributed by atoms with van der Waals surface area (Å²) < 4.78 is 0. The zero-order valence-corrected chi connectivity index (χ0v) is 12.3. The largest absolute Gasteiger partial charge is 0.507 e. The van der Waals surface area contributed by atoms with Crippen LogP contribution in [0.3, 0.4) is 0 Å². The predicted molar refractivity (Wildman–Crippen MR) is 78.1 cm³/mol. The van der Waals surface area contributed by atoms with Crippen LogP contribution >= 0.6 is 34.8 Å². The first-order valence-corrected chi connectivity index (χ1v) is 6.79. The van der Waals surface area contributed by atoms with E-state index in [4.69, 9.17) is 34.8 Å². The van der Waals surface area contributed by atoms with Gasteiger partial charge >= 0.3 is 0 Å². The molecule has 0 aliphatic heterocycles. The molecule has 2 aromatic rings. The van der Waals surface area contributed by atoms with Crippen molar-refractivity contribution in [3.05, 3.63) is 55.5 Å². The minimum Gasteiger partial charge on any atom is -0.507 e. The van der Waals surface area contributed by atoms with Crippen LogP contribution in [0.4, 0.5) is 0 Å². The van der Waals surface area contributed by atoms with Crippen LogP contribution in [-0.2, 0) is 0 Å². The molecule has 0 bridgehead atoms. The molecule has 2 aromatic carbocycles. The zero-order valence-electron chi connectivity index (χ0n) is 10.1. The molecule has 4 nitrogen and oxygen atoms in total. The molecule has 2 N–H and O–H groups in total. The summed E-state index contributed by atoms with van der Waals surface area (Å²) in [6.07, 6.45) is 0. The Bertz CT molecular complexity index is 843. The van der Waals surface area contributed by atoms with Crippen molar-refractivity contribution >= 4 is 46.4 Å². The fourth-order valence-electron chi connectivity index (χ4n) is 2.32. The molecule has 1 aliphatic rings. The van der Waals surface area contributed by atoms with Crippen LogP contribution in [0.2, 0.25) is 15.1 Å². The van der Waals surface area contributed by atoms with E-state index in [1.807, 2.05) is 0 Å². The summed E-state index contributed by atoms with van der Waals surface area (Å²) in [4.78, 5) is 25.0. The molecule has 7 heteroatoms. The van der Waals surface area contributed by atoms with Gasteiger partial charge in [-0.25, -0.2) is 0 Å². The first kappa shape index (κ1) is 14.2. The van der Waals surface area contributed by atoms with Crippen LogP contribution < -0.4 is 0 Å². The summed E-state index contributed by atoms with van der Waals surface area (Å²) in [6, 6.07) is 3.75. The van der Waals surface area contributed by atoms with E-state index in [2.05, 4.69) is 0 Å². The SMILES string of the molecule is O=C1c2c(O)cc(Cl)c(O)c2C(=O)c2c(Cl)ccc(Cl)c21. The summed E-state index contributed by atoms with van der Waals surface area (Å²) in [6.45, 7) is 0. The Hall–Kier alpha value is -1.75. The second-order valence-corrected chi connectivity index (χ2v) is 5.64. The molecule has 106 valence electrons. The van der Waals surface area contributed by atoms with Gasteiger partial charge in [0.15, 0.2) is 11.6 Å². The molecule has 0 saturated heterocycles. The Balaban J connectivity index is 2.47. The van der Waals surface area contributed by atoms with E-state index in [1.165, 1.54) is 12.1 Å². The molecular formula is C14H5Cl3O4. The molecule has 0 amide bonds. The molecule has 0 radical (unpaired) electrons. The lowest BCUT2D eigenvalue weighted by Gasteiger charge is -2.21. The van der Waals surface area contributed by atoms with Crippen molar-refractivity contribution in [3.63, 3.8) is 0 Å². The van der Waals surface area contributed by atoms with E-state index in [0.717, 1.165) is 6.07 Å². The monoisotopic (exact) mass is 342 g/mol. The number of carbonyl (C=O) groups is 2. The number of hydrogen-bond acceptors (Lipinski definition) is 4. The predicted octanol–water partition coefficient (Wildman–Crippen LogP) is 3.83. The van der Waals surface area contributed by atoms with Gasteiger partial charge in [-0.3, -0.25) is 9.59 Å². The third kappa shape index (κ3) is 1.83. The maximum absolute atomic E-state index is 12.5. The Morgan fingerprint density at radius 3 is 1.71 bits per heavy atom. The van der Waals surface area contributed by atoms with Gasteiger partial charge in [0.1, 0.15) is 11.5 Å². The van der Waals surface area contributed by atoms with E-state index in [1.54, 1.807) is 0 Å². The fraction of sp³-hybridized carbons (Fsp3) is 0. The third-order valence-electron chi connectivity index (χ3n) is 3.24. The standard InChI is InChI=1S/C14H5Cl3O4/c15-4-1-2-5(16)9-8(4)13(20)10-7(18)3-6(17)12(19)11(10)14(9)21/h1-3,18-19H. The van der Waals surface area contributed by atoms with Crippen molar-refractivity contribution in [2.24, 2.45) is 0 Å². The van der Waals surface area contributed by atoms with Gasteiger partial charge in [-0.15, -0.1) is 0 Å². The van der Waals surface area contributed by atoms with Crippen molar-refractivity contribution in [1.82, 2.24) is 0 Å². The number of fused-ring (bicyclic) bond motifs is 2. The van der Waals surface area contributed by atoms with E-state index >= 15 is 0 Å². The zero-order chi connectivity index (χ0) is 15.5. The summed E-state index contributed by atoms with van der Waals surface area (Å²) in [5.74, 6) is -2.50. The Morgan fingerprint density at radius 1 is 0.714 bits per heavy atom. The molecule has 21 heavy (non-hydrogen) atoms. The van der Waals surface area contributed by atoms with Gasteiger partial charge in [0.25, 0.3) is 0 Å². The second kappa shape index (κ2) is 4.63.